The predicted molar refractivity (Wildman–Crippen MR) is 80.2 cm³/mol. The summed E-state index contributed by atoms with van der Waals surface area (Å²) in [6, 6.07) is 9.41. The number of rotatable bonds is 7. The zero-order chi connectivity index (χ0) is 14.8. The molecule has 2 N–H and O–H groups in total. The second kappa shape index (κ2) is 9.13. The summed E-state index contributed by atoms with van der Waals surface area (Å²) in [6.45, 7) is 4.56. The molecule has 2 amide bonds. The average molecular weight is 276 g/mol. The Kier molecular flexibility index (Phi) is 7.40. The van der Waals surface area contributed by atoms with E-state index in [9.17, 15) is 9.59 Å². The van der Waals surface area contributed by atoms with Gasteiger partial charge in [-0.1, -0.05) is 56.5 Å². The van der Waals surface area contributed by atoms with Crippen molar-refractivity contribution in [3.8, 4) is 0 Å². The van der Waals surface area contributed by atoms with E-state index in [1.807, 2.05) is 37.3 Å². The van der Waals surface area contributed by atoms with Crippen LogP contribution < -0.4 is 10.6 Å². The van der Waals surface area contributed by atoms with Crippen molar-refractivity contribution in [1.29, 1.82) is 0 Å². The van der Waals surface area contributed by atoms with Crippen molar-refractivity contribution in [3.05, 3.63) is 35.9 Å². The third-order valence-electron chi connectivity index (χ3n) is 3.17. The Bertz CT molecular complexity index is 418. The third kappa shape index (κ3) is 5.87. The molecule has 0 saturated carbocycles. The van der Waals surface area contributed by atoms with Gasteiger partial charge < -0.3 is 10.6 Å². The van der Waals surface area contributed by atoms with Crippen LogP contribution in [0.5, 0.6) is 0 Å². The van der Waals surface area contributed by atoms with Crippen LogP contribution in [0.25, 0.3) is 0 Å². The average Bonchev–Trinajstić information content (AvgIpc) is 2.47. The van der Waals surface area contributed by atoms with Gasteiger partial charge in [-0.15, -0.1) is 0 Å². The molecule has 0 aliphatic rings. The normalized spacial score (nSPS) is 11.7. The van der Waals surface area contributed by atoms with Crippen molar-refractivity contribution in [1.82, 2.24) is 10.6 Å². The molecule has 0 aliphatic carbocycles. The van der Waals surface area contributed by atoms with Crippen LogP contribution in [0.15, 0.2) is 30.3 Å². The number of benzene rings is 1. The highest BCUT2D eigenvalue weighted by molar-refractivity contribution is 6.35. The van der Waals surface area contributed by atoms with Gasteiger partial charge in [-0.3, -0.25) is 9.59 Å². The molecule has 0 saturated heterocycles. The van der Waals surface area contributed by atoms with E-state index in [0.29, 0.717) is 6.54 Å². The van der Waals surface area contributed by atoms with E-state index in [0.717, 1.165) is 31.2 Å². The number of hydrogen-bond donors (Lipinski definition) is 2. The van der Waals surface area contributed by atoms with Crippen molar-refractivity contribution in [2.24, 2.45) is 0 Å². The summed E-state index contributed by atoms with van der Waals surface area (Å²) in [7, 11) is 0. The van der Waals surface area contributed by atoms with Gasteiger partial charge in [-0.2, -0.15) is 0 Å². The van der Waals surface area contributed by atoms with Crippen LogP contribution in [-0.2, 0) is 9.59 Å². The molecule has 0 fully saturated rings. The fraction of sp³-hybridized carbons (Fsp3) is 0.500. The summed E-state index contributed by atoms with van der Waals surface area (Å²) in [5.74, 6) is -1.12. The number of carbonyl (C=O) groups excluding carboxylic acids is 2. The third-order valence-corrected chi connectivity index (χ3v) is 3.17. The van der Waals surface area contributed by atoms with Gasteiger partial charge in [0.05, 0.1) is 6.04 Å². The molecule has 1 aromatic carbocycles. The Labute approximate surface area is 121 Å². The Morgan fingerprint density at radius 2 is 1.75 bits per heavy atom. The lowest BCUT2D eigenvalue weighted by atomic mass is 10.1. The molecule has 0 bridgehead atoms. The first kappa shape index (κ1) is 16.2. The summed E-state index contributed by atoms with van der Waals surface area (Å²) >= 11 is 0. The molecule has 4 nitrogen and oxygen atoms in total. The van der Waals surface area contributed by atoms with Crippen molar-refractivity contribution < 1.29 is 9.59 Å². The highest BCUT2D eigenvalue weighted by atomic mass is 16.2. The van der Waals surface area contributed by atoms with Gasteiger partial charge in [-0.05, 0) is 18.9 Å². The van der Waals surface area contributed by atoms with Crippen molar-refractivity contribution in [2.45, 2.75) is 45.6 Å². The second-order valence-electron chi connectivity index (χ2n) is 4.92. The van der Waals surface area contributed by atoms with Crippen LogP contribution in [0, 0.1) is 0 Å². The van der Waals surface area contributed by atoms with Gasteiger partial charge in [0.2, 0.25) is 0 Å². The minimum atomic E-state index is -0.572. The smallest absolute Gasteiger partial charge is 0.309 e. The largest absolute Gasteiger partial charge is 0.348 e. The minimum absolute atomic E-state index is 0.172. The van der Waals surface area contributed by atoms with Crippen LogP contribution in [-0.4, -0.2) is 18.4 Å². The fourth-order valence-corrected chi connectivity index (χ4v) is 1.92. The molecule has 0 aromatic heterocycles. The van der Waals surface area contributed by atoms with Gasteiger partial charge in [0, 0.05) is 6.54 Å². The molecule has 0 unspecified atom stereocenters. The summed E-state index contributed by atoms with van der Waals surface area (Å²) in [5, 5.41) is 5.34. The lowest BCUT2D eigenvalue weighted by molar-refractivity contribution is -0.139. The van der Waals surface area contributed by atoms with Gasteiger partial charge in [-0.25, -0.2) is 0 Å². The lowest BCUT2D eigenvalue weighted by Gasteiger charge is -2.14. The molecule has 1 atom stereocenters. The molecule has 110 valence electrons. The molecule has 20 heavy (non-hydrogen) atoms. The molecule has 0 heterocycles. The maximum Gasteiger partial charge on any atom is 0.309 e. The lowest BCUT2D eigenvalue weighted by Crippen LogP contribution is -2.41. The zero-order valence-electron chi connectivity index (χ0n) is 12.3. The van der Waals surface area contributed by atoms with Crippen molar-refractivity contribution in [3.63, 3.8) is 0 Å². The Hall–Kier alpha value is -1.84. The zero-order valence-corrected chi connectivity index (χ0v) is 12.3. The van der Waals surface area contributed by atoms with Crippen LogP contribution in [0.4, 0.5) is 0 Å². The van der Waals surface area contributed by atoms with Crippen LogP contribution in [0.1, 0.15) is 51.1 Å². The molecule has 1 aromatic rings. The number of nitrogens with one attached hydrogen (secondary N) is 2. The SMILES string of the molecule is CCCCCCNC(=O)C(=O)N[C@H](C)c1ccccc1. The topological polar surface area (TPSA) is 58.2 Å². The van der Waals surface area contributed by atoms with E-state index >= 15 is 0 Å². The molecular formula is C16H24N2O2. The van der Waals surface area contributed by atoms with Gasteiger partial charge in [0.15, 0.2) is 0 Å². The maximum atomic E-state index is 11.7. The summed E-state index contributed by atoms with van der Waals surface area (Å²) in [5.41, 5.74) is 0.983. The number of carbonyl (C=O) groups is 2. The van der Waals surface area contributed by atoms with E-state index in [2.05, 4.69) is 17.6 Å². The van der Waals surface area contributed by atoms with Gasteiger partial charge in [0.25, 0.3) is 0 Å². The highest BCUT2D eigenvalue weighted by Crippen LogP contribution is 2.10. The summed E-state index contributed by atoms with van der Waals surface area (Å²) in [6.07, 6.45) is 4.32. The van der Waals surface area contributed by atoms with E-state index in [1.54, 1.807) is 0 Å². The first-order valence-corrected chi connectivity index (χ1v) is 7.28. The monoisotopic (exact) mass is 276 g/mol. The quantitative estimate of drug-likeness (QED) is 0.594. The van der Waals surface area contributed by atoms with Gasteiger partial charge >= 0.3 is 11.8 Å². The first-order valence-electron chi connectivity index (χ1n) is 7.28. The van der Waals surface area contributed by atoms with Gasteiger partial charge in [0.1, 0.15) is 0 Å². The van der Waals surface area contributed by atoms with Crippen LogP contribution >= 0.6 is 0 Å². The molecule has 0 radical (unpaired) electrons. The van der Waals surface area contributed by atoms with E-state index in [4.69, 9.17) is 0 Å². The number of hydrogen-bond acceptors (Lipinski definition) is 2. The van der Waals surface area contributed by atoms with E-state index < -0.39 is 11.8 Å². The highest BCUT2D eigenvalue weighted by Gasteiger charge is 2.16. The molecule has 0 aliphatic heterocycles. The van der Waals surface area contributed by atoms with E-state index in [1.165, 1.54) is 0 Å². The van der Waals surface area contributed by atoms with E-state index in [-0.39, 0.29) is 6.04 Å². The molecule has 1 rings (SSSR count). The van der Waals surface area contributed by atoms with Crippen LogP contribution in [0.2, 0.25) is 0 Å². The number of amides is 2. The summed E-state index contributed by atoms with van der Waals surface area (Å²) < 4.78 is 0. The predicted octanol–water partition coefficient (Wildman–Crippen LogP) is 2.56. The molecule has 4 heteroatoms. The standard InChI is InChI=1S/C16H24N2O2/c1-3-4-5-9-12-17-15(19)16(20)18-13(2)14-10-7-6-8-11-14/h6-8,10-11,13H,3-5,9,12H2,1-2H3,(H,17,19)(H,18,20)/t13-/m1/s1. The Morgan fingerprint density at radius 1 is 1.05 bits per heavy atom. The second-order valence-corrected chi connectivity index (χ2v) is 4.92. The Morgan fingerprint density at radius 3 is 2.40 bits per heavy atom. The first-order chi connectivity index (χ1) is 9.65. The fourth-order valence-electron chi connectivity index (χ4n) is 1.92. The number of unbranched alkanes of at least 4 members (excludes halogenated alkanes) is 3. The maximum absolute atomic E-state index is 11.7. The van der Waals surface area contributed by atoms with Crippen LogP contribution in [0.3, 0.4) is 0 Å². The van der Waals surface area contributed by atoms with Crippen molar-refractivity contribution >= 4 is 11.8 Å². The van der Waals surface area contributed by atoms with Crippen molar-refractivity contribution in [2.75, 3.05) is 6.54 Å². The summed E-state index contributed by atoms with van der Waals surface area (Å²) in [4.78, 5) is 23.3. The Balaban J connectivity index is 2.29. The molecule has 0 spiro atoms. The molecular weight excluding hydrogens is 252 g/mol. The minimum Gasteiger partial charge on any atom is -0.348 e.